The Bertz CT molecular complexity index is 1030. The summed E-state index contributed by atoms with van der Waals surface area (Å²) in [5.74, 6) is 1.64. The predicted octanol–water partition coefficient (Wildman–Crippen LogP) is 4.59. The molecular formula is C21H20N4OS. The Hall–Kier alpha value is -2.73. The lowest BCUT2D eigenvalue weighted by Crippen LogP contribution is -2.31. The van der Waals surface area contributed by atoms with Gasteiger partial charge < -0.3 is 5.32 Å². The number of rotatable bonds is 3. The molecule has 1 atom stereocenters. The first kappa shape index (κ1) is 16.4. The van der Waals surface area contributed by atoms with E-state index in [9.17, 15) is 4.79 Å². The van der Waals surface area contributed by atoms with Crippen molar-refractivity contribution in [2.75, 3.05) is 5.32 Å². The molecule has 3 heterocycles. The van der Waals surface area contributed by atoms with E-state index in [1.165, 1.54) is 5.56 Å². The van der Waals surface area contributed by atoms with Crippen molar-refractivity contribution < 1.29 is 4.79 Å². The number of hydrogen-bond donors (Lipinski definition) is 1. The van der Waals surface area contributed by atoms with E-state index in [4.69, 9.17) is 10.1 Å². The molecule has 0 spiro atoms. The van der Waals surface area contributed by atoms with Crippen LogP contribution in [0, 0.1) is 0 Å². The summed E-state index contributed by atoms with van der Waals surface area (Å²) in [5.41, 5.74) is 4.23. The van der Waals surface area contributed by atoms with Crippen LogP contribution in [0.3, 0.4) is 0 Å². The van der Waals surface area contributed by atoms with Crippen LogP contribution in [-0.4, -0.2) is 20.5 Å². The zero-order valence-corrected chi connectivity index (χ0v) is 15.9. The monoisotopic (exact) mass is 376 g/mol. The van der Waals surface area contributed by atoms with Gasteiger partial charge in [-0.2, -0.15) is 4.98 Å². The number of nitrogens with one attached hydrogen (secondary N) is 1. The molecule has 0 radical (unpaired) electrons. The molecule has 0 bridgehead atoms. The summed E-state index contributed by atoms with van der Waals surface area (Å²) in [5, 5.41) is 10.2. The molecule has 6 heteroatoms. The number of carbonyl (C=O) groups is 1. The number of Topliss-reactive ketones (excluding diaryl/α,β-unsaturated/α-hetero) is 1. The number of aromatic nitrogens is 3. The Labute approximate surface area is 161 Å². The highest BCUT2D eigenvalue weighted by atomic mass is 32.1. The maximum atomic E-state index is 12.8. The van der Waals surface area contributed by atoms with Gasteiger partial charge in [-0.05, 0) is 41.8 Å². The van der Waals surface area contributed by atoms with Gasteiger partial charge in [-0.3, -0.25) is 4.79 Å². The first-order chi connectivity index (χ1) is 13.2. The quantitative estimate of drug-likeness (QED) is 0.726. The average molecular weight is 376 g/mol. The van der Waals surface area contributed by atoms with E-state index in [1.54, 1.807) is 11.3 Å². The van der Waals surface area contributed by atoms with Crippen molar-refractivity contribution in [1.82, 2.24) is 14.8 Å². The van der Waals surface area contributed by atoms with Crippen molar-refractivity contribution in [1.29, 1.82) is 0 Å². The maximum Gasteiger partial charge on any atom is 0.226 e. The number of nitrogens with zero attached hydrogens (tertiary/aromatic N) is 3. The number of fused-ring (bicyclic) bond motifs is 1. The molecule has 1 N–H and O–H groups in total. The highest BCUT2D eigenvalue weighted by molar-refractivity contribution is 7.13. The lowest BCUT2D eigenvalue weighted by molar-refractivity contribution is -0.116. The predicted molar refractivity (Wildman–Crippen MR) is 107 cm³/mol. The standard InChI is InChI=1S/C21H20N4OS/c1-2-13-8-10-14(11-9-13)19-18-15(5-3-6-16(18)26)22-21-23-20(24-25(19)21)17-7-4-12-27-17/h4,7-12,19H,2-3,5-6H2,1H3,(H,22,23,24). The zero-order valence-electron chi connectivity index (χ0n) is 15.1. The second-order valence-corrected chi connectivity index (χ2v) is 7.92. The fourth-order valence-corrected chi connectivity index (χ4v) is 4.56. The summed E-state index contributed by atoms with van der Waals surface area (Å²) in [6.07, 6.45) is 3.37. The topological polar surface area (TPSA) is 59.8 Å². The number of aryl methyl sites for hydroxylation is 1. The van der Waals surface area contributed by atoms with Gasteiger partial charge >= 0.3 is 0 Å². The average Bonchev–Trinajstić information content (AvgIpc) is 3.36. The van der Waals surface area contributed by atoms with Crippen LogP contribution in [0.4, 0.5) is 5.95 Å². The van der Waals surface area contributed by atoms with Crippen LogP contribution in [0.25, 0.3) is 10.7 Å². The Kier molecular flexibility index (Phi) is 3.93. The number of allylic oxidation sites excluding steroid dienone is 2. The third-order valence-corrected chi connectivity index (χ3v) is 6.18. The molecule has 0 saturated heterocycles. The minimum absolute atomic E-state index is 0.212. The molecule has 1 aromatic carbocycles. The van der Waals surface area contributed by atoms with Gasteiger partial charge in [0.05, 0.1) is 4.88 Å². The molecule has 0 saturated carbocycles. The lowest BCUT2D eigenvalue weighted by Gasteiger charge is -2.32. The van der Waals surface area contributed by atoms with Crippen LogP contribution < -0.4 is 5.32 Å². The Morgan fingerprint density at radius 3 is 2.81 bits per heavy atom. The van der Waals surface area contributed by atoms with E-state index in [1.807, 2.05) is 22.2 Å². The van der Waals surface area contributed by atoms with E-state index in [-0.39, 0.29) is 11.8 Å². The molecule has 1 unspecified atom stereocenters. The van der Waals surface area contributed by atoms with E-state index in [0.29, 0.717) is 12.2 Å². The van der Waals surface area contributed by atoms with E-state index in [0.717, 1.165) is 46.9 Å². The van der Waals surface area contributed by atoms with Crippen LogP contribution in [-0.2, 0) is 11.2 Å². The molecule has 3 aromatic rings. The SMILES string of the molecule is CCc1ccc(C2C3=C(CCCC3=O)Nc3nc(-c4cccs4)nn32)cc1. The van der Waals surface area contributed by atoms with Crippen LogP contribution in [0.2, 0.25) is 0 Å². The van der Waals surface area contributed by atoms with Gasteiger partial charge in [-0.25, -0.2) is 4.68 Å². The number of ketones is 1. The third kappa shape index (κ3) is 2.72. The largest absolute Gasteiger partial charge is 0.328 e. The molecule has 5 nitrogen and oxygen atoms in total. The van der Waals surface area contributed by atoms with Gasteiger partial charge in [0.15, 0.2) is 11.6 Å². The molecule has 136 valence electrons. The van der Waals surface area contributed by atoms with Gasteiger partial charge in [0.25, 0.3) is 0 Å². The minimum atomic E-state index is -0.212. The molecule has 2 aromatic heterocycles. The number of thiophene rings is 1. The lowest BCUT2D eigenvalue weighted by atomic mass is 9.85. The van der Waals surface area contributed by atoms with Crippen molar-refractivity contribution in [3.05, 3.63) is 64.2 Å². The van der Waals surface area contributed by atoms with E-state index < -0.39 is 0 Å². The van der Waals surface area contributed by atoms with Gasteiger partial charge in [0.1, 0.15) is 6.04 Å². The number of anilines is 1. The van der Waals surface area contributed by atoms with Crippen molar-refractivity contribution in [3.8, 4) is 10.7 Å². The Morgan fingerprint density at radius 2 is 2.07 bits per heavy atom. The number of benzene rings is 1. The van der Waals surface area contributed by atoms with E-state index in [2.05, 4.69) is 36.5 Å². The number of hydrogen-bond acceptors (Lipinski definition) is 5. The van der Waals surface area contributed by atoms with Crippen LogP contribution in [0.15, 0.2) is 53.0 Å². The van der Waals surface area contributed by atoms with Gasteiger partial charge in [-0.1, -0.05) is 37.3 Å². The first-order valence-electron chi connectivity index (χ1n) is 9.37. The smallest absolute Gasteiger partial charge is 0.226 e. The van der Waals surface area contributed by atoms with Crippen LogP contribution >= 0.6 is 11.3 Å². The van der Waals surface area contributed by atoms with Crippen molar-refractivity contribution in [2.24, 2.45) is 0 Å². The van der Waals surface area contributed by atoms with Crippen molar-refractivity contribution in [2.45, 2.75) is 38.6 Å². The zero-order chi connectivity index (χ0) is 18.4. The highest BCUT2D eigenvalue weighted by Gasteiger charge is 2.36. The number of carbonyl (C=O) groups excluding carboxylic acids is 1. The molecule has 2 aliphatic rings. The molecule has 5 rings (SSSR count). The molecule has 1 aliphatic heterocycles. The molecular weight excluding hydrogens is 356 g/mol. The fourth-order valence-electron chi connectivity index (χ4n) is 3.91. The third-order valence-electron chi connectivity index (χ3n) is 5.31. The summed E-state index contributed by atoms with van der Waals surface area (Å²) in [6.45, 7) is 2.15. The van der Waals surface area contributed by atoms with Crippen molar-refractivity contribution >= 4 is 23.1 Å². The normalized spacial score (nSPS) is 18.9. The van der Waals surface area contributed by atoms with Gasteiger partial charge in [0, 0.05) is 17.7 Å². The van der Waals surface area contributed by atoms with Gasteiger partial charge in [-0.15, -0.1) is 16.4 Å². The minimum Gasteiger partial charge on any atom is -0.328 e. The van der Waals surface area contributed by atoms with Crippen molar-refractivity contribution in [3.63, 3.8) is 0 Å². The summed E-state index contributed by atoms with van der Waals surface area (Å²) in [4.78, 5) is 18.6. The highest BCUT2D eigenvalue weighted by Crippen LogP contribution is 2.40. The second-order valence-electron chi connectivity index (χ2n) is 6.97. The Morgan fingerprint density at radius 1 is 1.22 bits per heavy atom. The summed E-state index contributed by atoms with van der Waals surface area (Å²) in [7, 11) is 0. The first-order valence-corrected chi connectivity index (χ1v) is 10.2. The molecule has 1 aliphatic carbocycles. The Balaban J connectivity index is 1.67. The molecule has 0 amide bonds. The summed E-state index contributed by atoms with van der Waals surface area (Å²) < 4.78 is 1.89. The summed E-state index contributed by atoms with van der Waals surface area (Å²) >= 11 is 1.62. The molecule has 0 fully saturated rings. The fraction of sp³-hybridized carbons (Fsp3) is 0.286. The van der Waals surface area contributed by atoms with Gasteiger partial charge in [0.2, 0.25) is 5.95 Å². The summed E-state index contributed by atoms with van der Waals surface area (Å²) in [6, 6.07) is 12.3. The second kappa shape index (κ2) is 6.46. The molecule has 27 heavy (non-hydrogen) atoms. The maximum absolute atomic E-state index is 12.8. The van der Waals surface area contributed by atoms with Crippen LogP contribution in [0.5, 0.6) is 0 Å². The van der Waals surface area contributed by atoms with E-state index >= 15 is 0 Å². The van der Waals surface area contributed by atoms with Crippen LogP contribution in [0.1, 0.15) is 43.4 Å².